The zero-order valence-electron chi connectivity index (χ0n) is 25.1. The number of nitrogens with zero attached hydrogens (tertiary/aromatic N) is 5. The molecule has 44 heavy (non-hydrogen) atoms. The molecule has 4 atom stereocenters. The van der Waals surface area contributed by atoms with Crippen LogP contribution in [-0.4, -0.2) is 75.4 Å². The highest BCUT2D eigenvalue weighted by Crippen LogP contribution is 2.51. The summed E-state index contributed by atoms with van der Waals surface area (Å²) in [5, 5.41) is 15.1. The van der Waals surface area contributed by atoms with Crippen LogP contribution in [0.2, 0.25) is 5.02 Å². The number of pyridine rings is 1. The molecular weight excluding hydrogens is 579 g/mol. The second kappa shape index (κ2) is 10.4. The maximum atomic E-state index is 16.7. The molecule has 2 aromatic heterocycles. The number of piperazine rings is 1. The van der Waals surface area contributed by atoms with Crippen LogP contribution in [0, 0.1) is 11.2 Å². The van der Waals surface area contributed by atoms with Gasteiger partial charge in [-0.05, 0) is 87.8 Å². The molecule has 9 rings (SSSR count). The summed E-state index contributed by atoms with van der Waals surface area (Å²) in [5.41, 5.74) is 1.88. The number of fused-ring (bicyclic) bond motifs is 5. The molecule has 2 saturated carbocycles. The molecule has 0 radical (unpaired) electrons. The van der Waals surface area contributed by atoms with Gasteiger partial charge in [-0.1, -0.05) is 18.0 Å². The van der Waals surface area contributed by atoms with Crippen LogP contribution in [0.1, 0.15) is 82.1 Å². The Kier molecular flexibility index (Phi) is 6.51. The van der Waals surface area contributed by atoms with E-state index in [2.05, 4.69) is 20.1 Å². The highest BCUT2D eigenvalue weighted by Gasteiger charge is 2.49. The third-order valence-electron chi connectivity index (χ3n) is 11.3. The van der Waals surface area contributed by atoms with Gasteiger partial charge in [0.25, 0.3) is 0 Å². The number of piperidine rings is 1. The van der Waals surface area contributed by atoms with Gasteiger partial charge in [0.05, 0.1) is 12.0 Å². The average Bonchev–Trinajstić information content (AvgIpc) is 3.94. The molecule has 6 heterocycles. The SMILES string of the molecule is Oc1cc(Cl)c(C2CC2)c(-c2ncc3c(N4C[C@H]5CC[C@@H](C4)N5)nc(OCC4(CN5C6CCCC5CC6)CC4)nc3c2F)c1. The van der Waals surface area contributed by atoms with Crippen LogP contribution in [-0.2, 0) is 0 Å². The van der Waals surface area contributed by atoms with Crippen molar-refractivity contribution >= 4 is 28.3 Å². The van der Waals surface area contributed by atoms with Gasteiger partial charge in [0.2, 0.25) is 0 Å². The lowest BCUT2D eigenvalue weighted by Gasteiger charge is -2.37. The van der Waals surface area contributed by atoms with Gasteiger partial charge >= 0.3 is 6.01 Å². The van der Waals surface area contributed by atoms with Crippen LogP contribution >= 0.6 is 11.6 Å². The lowest BCUT2D eigenvalue weighted by Crippen LogP contribution is -2.51. The number of phenols is 1. The Morgan fingerprint density at radius 1 is 1.00 bits per heavy atom. The van der Waals surface area contributed by atoms with E-state index in [9.17, 15) is 5.11 Å². The van der Waals surface area contributed by atoms with E-state index in [1.165, 1.54) is 38.2 Å². The van der Waals surface area contributed by atoms with Crippen molar-refractivity contribution in [3.63, 3.8) is 0 Å². The summed E-state index contributed by atoms with van der Waals surface area (Å²) < 4.78 is 23.1. The fourth-order valence-electron chi connectivity index (χ4n) is 8.68. The molecule has 4 aliphatic heterocycles. The third kappa shape index (κ3) is 4.81. The Labute approximate surface area is 262 Å². The Morgan fingerprint density at radius 2 is 1.75 bits per heavy atom. The van der Waals surface area contributed by atoms with Crippen molar-refractivity contribution in [3.8, 4) is 23.0 Å². The van der Waals surface area contributed by atoms with Gasteiger partial charge in [-0.3, -0.25) is 9.88 Å². The van der Waals surface area contributed by atoms with Gasteiger partial charge < -0.3 is 20.1 Å². The first-order valence-corrected chi connectivity index (χ1v) is 17.1. The van der Waals surface area contributed by atoms with Crippen LogP contribution in [0.4, 0.5) is 10.2 Å². The monoisotopic (exact) mass is 618 g/mol. The number of ether oxygens (including phenoxy) is 1. The second-order valence-electron chi connectivity index (χ2n) is 14.5. The molecule has 2 N–H and O–H groups in total. The second-order valence-corrected chi connectivity index (χ2v) is 14.9. The van der Waals surface area contributed by atoms with E-state index in [0.717, 1.165) is 75.8 Å². The molecule has 0 amide bonds. The summed E-state index contributed by atoms with van der Waals surface area (Å²) in [6, 6.07) is 5.59. The smallest absolute Gasteiger partial charge is 0.319 e. The average molecular weight is 619 g/mol. The Hall–Kier alpha value is -2.75. The number of rotatable bonds is 8. The first-order valence-electron chi connectivity index (χ1n) is 16.7. The number of phenolic OH excluding ortho intramolecular Hbond substituents is 1. The maximum absolute atomic E-state index is 16.7. The molecule has 6 fully saturated rings. The first-order chi connectivity index (χ1) is 21.4. The zero-order chi connectivity index (χ0) is 29.6. The van der Waals surface area contributed by atoms with Gasteiger partial charge in [-0.25, -0.2) is 4.39 Å². The zero-order valence-corrected chi connectivity index (χ0v) is 25.8. The van der Waals surface area contributed by atoms with Crippen LogP contribution in [0.5, 0.6) is 11.8 Å². The number of aromatic nitrogens is 3. The quantitative estimate of drug-likeness (QED) is 0.309. The summed E-state index contributed by atoms with van der Waals surface area (Å²) in [7, 11) is 0. The summed E-state index contributed by atoms with van der Waals surface area (Å²) in [5.74, 6) is 0.410. The van der Waals surface area contributed by atoms with Crippen molar-refractivity contribution in [1.82, 2.24) is 25.2 Å². The van der Waals surface area contributed by atoms with E-state index in [1.807, 2.05) is 0 Å². The number of anilines is 1. The van der Waals surface area contributed by atoms with Gasteiger partial charge in [0.1, 0.15) is 22.8 Å². The van der Waals surface area contributed by atoms with Gasteiger partial charge in [0.15, 0.2) is 5.82 Å². The Morgan fingerprint density at radius 3 is 2.45 bits per heavy atom. The minimum atomic E-state index is -0.524. The van der Waals surface area contributed by atoms with Gasteiger partial charge in [-0.2, -0.15) is 9.97 Å². The van der Waals surface area contributed by atoms with Gasteiger partial charge in [0, 0.05) is 66.0 Å². The summed E-state index contributed by atoms with van der Waals surface area (Å²) >= 11 is 6.59. The minimum Gasteiger partial charge on any atom is -0.508 e. The fourth-order valence-corrected chi connectivity index (χ4v) is 9.05. The third-order valence-corrected chi connectivity index (χ3v) is 11.7. The molecule has 2 aliphatic carbocycles. The van der Waals surface area contributed by atoms with E-state index in [1.54, 1.807) is 12.3 Å². The fraction of sp³-hybridized carbons (Fsp3) is 0.618. The predicted octanol–water partition coefficient (Wildman–Crippen LogP) is 6.18. The van der Waals surface area contributed by atoms with Crippen LogP contribution in [0.15, 0.2) is 18.3 Å². The van der Waals surface area contributed by atoms with Crippen molar-refractivity contribution in [2.75, 3.05) is 31.1 Å². The number of nitrogens with one attached hydrogen (secondary N) is 1. The van der Waals surface area contributed by atoms with Crippen molar-refractivity contribution in [1.29, 1.82) is 0 Å². The van der Waals surface area contributed by atoms with Crippen molar-refractivity contribution < 1.29 is 14.2 Å². The molecule has 0 spiro atoms. The molecule has 10 heteroatoms. The van der Waals surface area contributed by atoms with E-state index < -0.39 is 5.82 Å². The minimum absolute atomic E-state index is 0.00346. The van der Waals surface area contributed by atoms with Crippen molar-refractivity contribution in [2.24, 2.45) is 5.41 Å². The predicted molar refractivity (Wildman–Crippen MR) is 168 cm³/mol. The molecule has 4 bridgehead atoms. The normalized spacial score (nSPS) is 29.0. The molecule has 4 saturated heterocycles. The molecule has 8 nitrogen and oxygen atoms in total. The van der Waals surface area contributed by atoms with E-state index >= 15 is 4.39 Å². The molecule has 2 unspecified atom stereocenters. The topological polar surface area (TPSA) is 86.6 Å². The van der Waals surface area contributed by atoms with Crippen molar-refractivity contribution in [2.45, 2.75) is 101 Å². The Balaban J connectivity index is 1.08. The van der Waals surface area contributed by atoms with Crippen LogP contribution in [0.3, 0.4) is 0 Å². The van der Waals surface area contributed by atoms with Crippen molar-refractivity contribution in [3.05, 3.63) is 34.7 Å². The summed E-state index contributed by atoms with van der Waals surface area (Å²) in [6.45, 7) is 3.24. The first kappa shape index (κ1) is 27.6. The van der Waals surface area contributed by atoms with E-state index in [4.69, 9.17) is 26.3 Å². The number of hydrogen-bond acceptors (Lipinski definition) is 8. The van der Waals surface area contributed by atoms with Crippen LogP contribution in [0.25, 0.3) is 22.2 Å². The molecule has 3 aromatic rings. The molecule has 1 aromatic carbocycles. The molecular formula is C34H40ClFN6O2. The highest BCUT2D eigenvalue weighted by molar-refractivity contribution is 6.32. The highest BCUT2D eigenvalue weighted by atomic mass is 35.5. The largest absolute Gasteiger partial charge is 0.508 e. The summed E-state index contributed by atoms with van der Waals surface area (Å²) in [6.07, 6.45) is 14.9. The number of hydrogen-bond donors (Lipinski definition) is 2. The van der Waals surface area contributed by atoms with E-state index in [-0.39, 0.29) is 34.3 Å². The summed E-state index contributed by atoms with van der Waals surface area (Å²) in [4.78, 5) is 19.3. The van der Waals surface area contributed by atoms with E-state index in [0.29, 0.717) is 40.5 Å². The number of halogens is 2. The van der Waals surface area contributed by atoms with Gasteiger partial charge in [-0.15, -0.1) is 0 Å². The molecule has 232 valence electrons. The lowest BCUT2D eigenvalue weighted by atomic mass is 9.98. The molecule has 6 aliphatic rings. The Bertz CT molecular complexity index is 1600. The van der Waals surface area contributed by atoms with Crippen LogP contribution < -0.4 is 15.0 Å². The number of aromatic hydroxyl groups is 1. The number of benzene rings is 1. The maximum Gasteiger partial charge on any atom is 0.319 e. The lowest BCUT2D eigenvalue weighted by molar-refractivity contribution is 0.0882. The standard InChI is InChI=1S/C34H40ClFN6O2/c35-27-13-24(43)12-25(28(27)19-4-5-19)30-29(36)31-26(14-37-30)32(41-15-20-6-7-21(16-41)38-20)40-33(39-31)44-18-34(10-11-34)17-42-22-2-1-3-23(42)9-8-22/h12-14,19-23,38,43H,1-11,15-18H2/t20-,21+,22?,23?.